The van der Waals surface area contributed by atoms with E-state index < -0.39 is 6.89 Å². The van der Waals surface area contributed by atoms with E-state index in [-0.39, 0.29) is 5.78 Å². The van der Waals surface area contributed by atoms with Gasteiger partial charge in [0.1, 0.15) is 5.71 Å². The summed E-state index contributed by atoms with van der Waals surface area (Å²) < 4.78 is 0. The van der Waals surface area contributed by atoms with Crippen molar-refractivity contribution >= 4 is 45.8 Å². The van der Waals surface area contributed by atoms with E-state index >= 15 is 0 Å². The van der Waals surface area contributed by atoms with Gasteiger partial charge in [0, 0.05) is 11.1 Å². The minimum absolute atomic E-state index is 0.159. The number of Topliss-reactive ketones (excluding diaryl/α,β-unsaturated/α-hetero) is 1. The molecule has 0 fully saturated rings. The summed E-state index contributed by atoms with van der Waals surface area (Å²) in [5.41, 5.74) is 2.38. The third-order valence-corrected chi connectivity index (χ3v) is 10.6. The Morgan fingerprint density at radius 3 is 1.28 bits per heavy atom. The molecule has 5 aromatic carbocycles. The molecule has 0 aliphatic rings. The molecule has 0 saturated carbocycles. The fraction of sp³-hybridized carbons (Fsp3) is 0.0286. The molecule has 0 bridgehead atoms. The number of nitrogens with zero attached hydrogens (tertiary/aromatic N) is 2. The highest BCUT2D eigenvalue weighted by molar-refractivity contribution is 7.95. The number of hydrogen-bond acceptors (Lipinski definition) is 3. The highest BCUT2D eigenvalue weighted by atomic mass is 31.2. The molecule has 0 aliphatic heterocycles. The minimum atomic E-state index is -2.23. The molecule has 5 aromatic rings. The zero-order chi connectivity index (χ0) is 26.9. The predicted octanol–water partition coefficient (Wildman–Crippen LogP) is 6.53. The van der Waals surface area contributed by atoms with Crippen molar-refractivity contribution in [1.82, 2.24) is 0 Å². The van der Waals surface area contributed by atoms with Gasteiger partial charge in [-0.15, -0.1) is 5.10 Å². The zero-order valence-corrected chi connectivity index (χ0v) is 22.7. The van der Waals surface area contributed by atoms with Crippen molar-refractivity contribution in [2.45, 2.75) is 6.92 Å². The Morgan fingerprint density at radius 1 is 0.513 bits per heavy atom. The number of hydrogen-bond donors (Lipinski definition) is 0. The van der Waals surface area contributed by atoms with Crippen molar-refractivity contribution in [3.05, 3.63) is 163 Å². The Morgan fingerprint density at radius 2 is 0.872 bits per heavy atom. The molecule has 4 heteroatoms. The Labute approximate surface area is 230 Å². The van der Waals surface area contributed by atoms with Gasteiger partial charge in [0.05, 0.1) is 5.71 Å². The summed E-state index contributed by atoms with van der Waals surface area (Å²) in [5, 5.41) is 12.9. The monoisotopic (exact) mass is 524 g/mol. The molecule has 0 atom stereocenters. The first-order valence-electron chi connectivity index (χ1n) is 12.9. The molecule has 190 valence electrons. The van der Waals surface area contributed by atoms with Crippen LogP contribution in [0.25, 0.3) is 0 Å². The van der Waals surface area contributed by atoms with Crippen LogP contribution in [0.1, 0.15) is 22.8 Å². The van der Waals surface area contributed by atoms with Crippen molar-refractivity contribution in [3.8, 4) is 0 Å². The molecule has 0 aliphatic carbocycles. The van der Waals surface area contributed by atoms with Gasteiger partial charge >= 0.3 is 0 Å². The third-order valence-electron chi connectivity index (χ3n) is 6.48. The number of benzene rings is 5. The quantitative estimate of drug-likeness (QED) is 0.0985. The van der Waals surface area contributed by atoms with Crippen LogP contribution in [0, 0.1) is 0 Å². The zero-order valence-electron chi connectivity index (χ0n) is 21.8. The van der Waals surface area contributed by atoms with Gasteiger partial charge in [0.25, 0.3) is 0 Å². The topological polar surface area (TPSA) is 41.8 Å². The van der Waals surface area contributed by atoms with Crippen LogP contribution in [0.5, 0.6) is 0 Å². The summed E-state index contributed by atoms with van der Waals surface area (Å²) in [6, 6.07) is 50.5. The molecule has 5 rings (SSSR count). The average molecular weight is 525 g/mol. The van der Waals surface area contributed by atoms with Crippen LogP contribution in [0.15, 0.2) is 162 Å². The highest BCUT2D eigenvalue weighted by Crippen LogP contribution is 2.43. The van der Waals surface area contributed by atoms with Gasteiger partial charge in [-0.05, 0) is 35.5 Å². The first-order valence-corrected chi connectivity index (χ1v) is 14.7. The normalized spacial score (nSPS) is 12.1. The molecule has 0 amide bonds. The first-order chi connectivity index (χ1) is 19.2. The number of carbonyl (C=O) groups excluding carboxylic acids is 1. The lowest BCUT2D eigenvalue weighted by atomic mass is 10.0. The highest BCUT2D eigenvalue weighted by Gasteiger charge is 2.25. The van der Waals surface area contributed by atoms with Crippen molar-refractivity contribution < 1.29 is 4.79 Å². The average Bonchev–Trinajstić information content (AvgIpc) is 3.02. The van der Waals surface area contributed by atoms with Gasteiger partial charge in [0.2, 0.25) is 5.78 Å². The van der Waals surface area contributed by atoms with E-state index in [9.17, 15) is 4.79 Å². The summed E-state index contributed by atoms with van der Waals surface area (Å²) >= 11 is 0. The summed E-state index contributed by atoms with van der Waals surface area (Å²) in [6.45, 7) is -0.272. The molecule has 0 radical (unpaired) electrons. The molecular formula is C35H29N2OP. The predicted molar refractivity (Wildman–Crippen MR) is 168 cm³/mol. The fourth-order valence-corrected chi connectivity index (χ4v) is 8.53. The summed E-state index contributed by atoms with van der Waals surface area (Å²) in [5.74, 6) is 2.10. The molecule has 0 saturated heterocycles. The van der Waals surface area contributed by atoms with Crippen LogP contribution < -0.4 is 15.9 Å². The molecular weight excluding hydrogens is 495 g/mol. The summed E-state index contributed by atoms with van der Waals surface area (Å²) in [6.07, 6.45) is 0. The van der Waals surface area contributed by atoms with Crippen LogP contribution in [0.3, 0.4) is 0 Å². The smallest absolute Gasteiger partial charge is 0.213 e. The fourth-order valence-electron chi connectivity index (χ4n) is 4.65. The first kappa shape index (κ1) is 26.0. The second-order valence-electron chi connectivity index (χ2n) is 9.11. The van der Waals surface area contributed by atoms with Gasteiger partial charge in [-0.25, -0.2) is 0 Å². The van der Waals surface area contributed by atoms with E-state index in [4.69, 9.17) is 0 Å². The lowest BCUT2D eigenvalue weighted by molar-refractivity contribution is 0.106. The Kier molecular flexibility index (Phi) is 8.21. The van der Waals surface area contributed by atoms with E-state index in [2.05, 4.69) is 88.8 Å². The standard InChI is InChI=1S/C35H29N2OP/c1-28(36-37-34(29-17-7-2-8-18-29)35(38)30-19-9-3-10-20-30)27-39(31-21-11-4-12-22-31,32-23-13-5-14-24-32)33-25-15-6-16-26-33/h2-27H,1H3/b36-28-,37-34-. The van der Waals surface area contributed by atoms with Gasteiger partial charge in [-0.2, -0.15) is 5.10 Å². The van der Waals surface area contributed by atoms with Crippen molar-refractivity contribution in [1.29, 1.82) is 0 Å². The van der Waals surface area contributed by atoms with Crippen LogP contribution >= 0.6 is 6.89 Å². The second-order valence-corrected chi connectivity index (χ2v) is 12.4. The molecule has 0 N–H and O–H groups in total. The molecule has 0 unspecified atom stereocenters. The van der Waals surface area contributed by atoms with Gasteiger partial charge < -0.3 is 0 Å². The van der Waals surface area contributed by atoms with E-state index in [1.165, 1.54) is 15.9 Å². The maximum Gasteiger partial charge on any atom is 0.213 e. The van der Waals surface area contributed by atoms with Crippen LogP contribution in [-0.4, -0.2) is 23.0 Å². The van der Waals surface area contributed by atoms with Crippen molar-refractivity contribution in [3.63, 3.8) is 0 Å². The SMILES string of the molecule is C/C(C=P(c1ccccc1)(c1ccccc1)c1ccccc1)=N/N=C(\C(=O)c1ccccc1)c1ccccc1. The van der Waals surface area contributed by atoms with E-state index in [1.807, 2.05) is 73.7 Å². The van der Waals surface area contributed by atoms with Gasteiger partial charge in [-0.3, -0.25) is 4.79 Å². The third kappa shape index (κ3) is 5.80. The largest absolute Gasteiger partial charge is 0.287 e. The van der Waals surface area contributed by atoms with Crippen LogP contribution in [-0.2, 0) is 0 Å². The van der Waals surface area contributed by atoms with Crippen molar-refractivity contribution in [2.24, 2.45) is 10.2 Å². The number of ketones is 1. The number of rotatable bonds is 8. The molecule has 3 nitrogen and oxygen atoms in total. The van der Waals surface area contributed by atoms with Crippen molar-refractivity contribution in [2.75, 3.05) is 0 Å². The van der Waals surface area contributed by atoms with Crippen LogP contribution in [0.2, 0.25) is 0 Å². The van der Waals surface area contributed by atoms with Gasteiger partial charge in [0.15, 0.2) is 0 Å². The van der Waals surface area contributed by atoms with E-state index in [0.29, 0.717) is 11.3 Å². The number of carbonyl (C=O) groups is 1. The molecule has 0 heterocycles. The van der Waals surface area contributed by atoms with Crippen LogP contribution in [0.4, 0.5) is 0 Å². The lowest BCUT2D eigenvalue weighted by Gasteiger charge is -2.28. The lowest BCUT2D eigenvalue weighted by Crippen LogP contribution is -2.28. The minimum Gasteiger partial charge on any atom is -0.287 e. The Hall–Kier alpha value is -4.59. The Balaban J connectivity index is 1.72. The second kappa shape index (κ2) is 12.3. The Bertz CT molecular complexity index is 1540. The molecule has 0 aromatic heterocycles. The van der Waals surface area contributed by atoms with Gasteiger partial charge in [-0.1, -0.05) is 152 Å². The maximum absolute atomic E-state index is 13.5. The maximum atomic E-state index is 13.5. The van der Waals surface area contributed by atoms with E-state index in [0.717, 1.165) is 11.3 Å². The summed E-state index contributed by atoms with van der Waals surface area (Å²) in [7, 11) is 0. The summed E-state index contributed by atoms with van der Waals surface area (Å²) in [4.78, 5) is 13.5. The molecule has 39 heavy (non-hydrogen) atoms. The molecule has 0 spiro atoms. The van der Waals surface area contributed by atoms with E-state index in [1.54, 1.807) is 12.1 Å².